The number of ether oxygens (including phenoxy) is 2. The fraction of sp³-hybridized carbons (Fsp3) is 0.600. The summed E-state index contributed by atoms with van der Waals surface area (Å²) in [6, 6.07) is 8.42. The maximum absolute atomic E-state index is 6.02. The monoisotopic (exact) mass is 234 g/mol. The number of unbranched alkanes of at least 4 members (excludes halogenated alkanes) is 1. The van der Waals surface area contributed by atoms with Gasteiger partial charge in [0.25, 0.3) is 0 Å². The van der Waals surface area contributed by atoms with Crippen LogP contribution in [0.25, 0.3) is 0 Å². The largest absolute Gasteiger partial charge is 0.346 e. The molecule has 0 fully saturated rings. The van der Waals surface area contributed by atoms with E-state index < -0.39 is 0 Å². The Morgan fingerprint density at radius 3 is 2.59 bits per heavy atom. The molecule has 0 amide bonds. The van der Waals surface area contributed by atoms with Crippen molar-refractivity contribution < 1.29 is 9.47 Å². The third-order valence-electron chi connectivity index (χ3n) is 3.10. The van der Waals surface area contributed by atoms with E-state index in [1.807, 2.05) is 13.8 Å². The highest BCUT2D eigenvalue weighted by atomic mass is 16.7. The first-order chi connectivity index (χ1) is 8.22. The van der Waals surface area contributed by atoms with Gasteiger partial charge in [-0.05, 0) is 25.8 Å². The summed E-state index contributed by atoms with van der Waals surface area (Å²) >= 11 is 0. The van der Waals surface area contributed by atoms with Crippen molar-refractivity contribution in [1.29, 1.82) is 0 Å². The summed E-state index contributed by atoms with van der Waals surface area (Å²) in [5, 5.41) is 0. The third-order valence-corrected chi connectivity index (χ3v) is 3.10. The van der Waals surface area contributed by atoms with Crippen LogP contribution >= 0.6 is 0 Å². The van der Waals surface area contributed by atoms with Crippen LogP contribution in [0.15, 0.2) is 24.3 Å². The van der Waals surface area contributed by atoms with Crippen LogP contribution in [0.2, 0.25) is 0 Å². The summed E-state index contributed by atoms with van der Waals surface area (Å²) in [7, 11) is 0. The molecule has 1 heterocycles. The number of fused-ring (bicyclic) bond motifs is 1. The number of rotatable bonds is 5. The normalized spacial score (nSPS) is 23.1. The summed E-state index contributed by atoms with van der Waals surface area (Å²) in [4.78, 5) is 0. The molecule has 0 saturated carbocycles. The van der Waals surface area contributed by atoms with Gasteiger partial charge in [-0.3, -0.25) is 0 Å². The molecule has 1 aromatic rings. The lowest BCUT2D eigenvalue weighted by Crippen LogP contribution is -2.10. The third kappa shape index (κ3) is 2.88. The van der Waals surface area contributed by atoms with Gasteiger partial charge in [-0.2, -0.15) is 0 Å². The van der Waals surface area contributed by atoms with Gasteiger partial charge in [0.1, 0.15) is 0 Å². The Kier molecular flexibility index (Phi) is 4.19. The van der Waals surface area contributed by atoms with Gasteiger partial charge in [0, 0.05) is 5.56 Å². The van der Waals surface area contributed by atoms with Gasteiger partial charge in [0.05, 0.1) is 12.2 Å². The van der Waals surface area contributed by atoms with Gasteiger partial charge in [-0.15, -0.1) is 0 Å². The van der Waals surface area contributed by atoms with E-state index in [9.17, 15) is 0 Å². The molecule has 0 bridgehead atoms. The maximum atomic E-state index is 6.02. The van der Waals surface area contributed by atoms with E-state index in [0.717, 1.165) is 6.42 Å². The molecule has 0 aliphatic carbocycles. The molecular formula is C15H22O2. The summed E-state index contributed by atoms with van der Waals surface area (Å²) in [6.07, 6.45) is 3.73. The number of hydrogen-bond acceptors (Lipinski definition) is 2. The number of benzene rings is 1. The van der Waals surface area contributed by atoms with Crippen molar-refractivity contribution in [3.05, 3.63) is 35.4 Å². The van der Waals surface area contributed by atoms with Crippen molar-refractivity contribution in [2.75, 3.05) is 0 Å². The first-order valence-corrected chi connectivity index (χ1v) is 6.62. The second kappa shape index (κ2) is 5.65. The topological polar surface area (TPSA) is 18.5 Å². The minimum Gasteiger partial charge on any atom is -0.346 e. The molecule has 1 aromatic carbocycles. The molecule has 17 heavy (non-hydrogen) atoms. The lowest BCUT2D eigenvalue weighted by atomic mass is 10.0. The van der Waals surface area contributed by atoms with Gasteiger partial charge in [-0.25, -0.2) is 0 Å². The van der Waals surface area contributed by atoms with Crippen LogP contribution in [-0.2, 0) is 9.47 Å². The van der Waals surface area contributed by atoms with Crippen LogP contribution in [-0.4, -0.2) is 6.10 Å². The van der Waals surface area contributed by atoms with E-state index in [1.165, 1.54) is 24.0 Å². The molecule has 0 aromatic heterocycles. The first kappa shape index (κ1) is 12.6. The first-order valence-electron chi connectivity index (χ1n) is 6.62. The lowest BCUT2D eigenvalue weighted by Gasteiger charge is -2.17. The summed E-state index contributed by atoms with van der Waals surface area (Å²) < 4.78 is 11.8. The van der Waals surface area contributed by atoms with Gasteiger partial charge in [0.15, 0.2) is 6.29 Å². The van der Waals surface area contributed by atoms with Crippen LogP contribution in [0.3, 0.4) is 0 Å². The second-order valence-electron chi connectivity index (χ2n) is 4.91. The Hall–Kier alpha value is -0.860. The predicted octanol–water partition coefficient (Wildman–Crippen LogP) is 4.37. The Balaban J connectivity index is 2.14. The Bertz CT molecular complexity index is 360. The van der Waals surface area contributed by atoms with Crippen molar-refractivity contribution in [3.63, 3.8) is 0 Å². The summed E-state index contributed by atoms with van der Waals surface area (Å²) in [5.74, 6) is 0. The molecule has 94 valence electrons. The molecule has 0 unspecified atom stereocenters. The van der Waals surface area contributed by atoms with Crippen molar-refractivity contribution in [3.8, 4) is 0 Å². The zero-order valence-corrected chi connectivity index (χ0v) is 11.0. The zero-order valence-electron chi connectivity index (χ0n) is 11.0. The van der Waals surface area contributed by atoms with E-state index in [0.29, 0.717) is 0 Å². The average molecular weight is 234 g/mol. The van der Waals surface area contributed by atoms with Crippen LogP contribution in [0, 0.1) is 0 Å². The molecule has 0 N–H and O–H groups in total. The quantitative estimate of drug-likeness (QED) is 0.753. The van der Waals surface area contributed by atoms with E-state index in [-0.39, 0.29) is 18.5 Å². The molecule has 2 nitrogen and oxygen atoms in total. The second-order valence-corrected chi connectivity index (χ2v) is 4.91. The Morgan fingerprint density at radius 1 is 1.24 bits per heavy atom. The summed E-state index contributed by atoms with van der Waals surface area (Å²) in [6.45, 7) is 6.31. The Labute approximate surface area is 104 Å². The SMILES string of the molecule is CCCC[C@@H]1O[C@H](OC(C)C)c2ccccc21. The Morgan fingerprint density at radius 2 is 1.94 bits per heavy atom. The van der Waals surface area contributed by atoms with Gasteiger partial charge < -0.3 is 9.47 Å². The minimum absolute atomic E-state index is 0.173. The van der Waals surface area contributed by atoms with Crippen LogP contribution < -0.4 is 0 Å². The van der Waals surface area contributed by atoms with Crippen molar-refractivity contribution in [1.82, 2.24) is 0 Å². The van der Waals surface area contributed by atoms with Crippen LogP contribution in [0.1, 0.15) is 63.6 Å². The van der Waals surface area contributed by atoms with Crippen LogP contribution in [0.4, 0.5) is 0 Å². The highest BCUT2D eigenvalue weighted by molar-refractivity contribution is 5.33. The fourth-order valence-electron chi connectivity index (χ4n) is 2.28. The lowest BCUT2D eigenvalue weighted by molar-refractivity contribution is -0.179. The van der Waals surface area contributed by atoms with E-state index in [1.54, 1.807) is 0 Å². The number of hydrogen-bond donors (Lipinski definition) is 0. The van der Waals surface area contributed by atoms with Crippen LogP contribution in [0.5, 0.6) is 0 Å². The fourth-order valence-corrected chi connectivity index (χ4v) is 2.28. The van der Waals surface area contributed by atoms with Gasteiger partial charge in [-0.1, -0.05) is 44.0 Å². The van der Waals surface area contributed by atoms with Crippen molar-refractivity contribution in [2.24, 2.45) is 0 Å². The standard InChI is InChI=1S/C15H22O2/c1-4-5-10-14-12-8-6-7-9-13(12)15(17-14)16-11(2)3/h6-9,11,14-15H,4-5,10H2,1-3H3/t14-,15-/m0/s1. The highest BCUT2D eigenvalue weighted by Gasteiger charge is 2.31. The smallest absolute Gasteiger partial charge is 0.185 e. The van der Waals surface area contributed by atoms with Gasteiger partial charge in [0.2, 0.25) is 0 Å². The molecule has 2 atom stereocenters. The molecule has 2 heteroatoms. The molecular weight excluding hydrogens is 212 g/mol. The maximum Gasteiger partial charge on any atom is 0.185 e. The van der Waals surface area contributed by atoms with E-state index >= 15 is 0 Å². The minimum atomic E-state index is -0.173. The molecule has 1 aliphatic heterocycles. The van der Waals surface area contributed by atoms with E-state index in [4.69, 9.17) is 9.47 Å². The molecule has 0 radical (unpaired) electrons. The van der Waals surface area contributed by atoms with E-state index in [2.05, 4.69) is 31.2 Å². The zero-order chi connectivity index (χ0) is 12.3. The average Bonchev–Trinajstić information content (AvgIpc) is 2.65. The molecule has 2 rings (SSSR count). The highest BCUT2D eigenvalue weighted by Crippen LogP contribution is 2.42. The molecule has 0 saturated heterocycles. The molecule has 0 spiro atoms. The van der Waals surface area contributed by atoms with Crippen molar-refractivity contribution >= 4 is 0 Å². The summed E-state index contributed by atoms with van der Waals surface area (Å²) in [5.41, 5.74) is 2.52. The predicted molar refractivity (Wildman–Crippen MR) is 68.8 cm³/mol. The van der Waals surface area contributed by atoms with Crippen molar-refractivity contribution in [2.45, 2.75) is 58.5 Å². The van der Waals surface area contributed by atoms with Gasteiger partial charge >= 0.3 is 0 Å². The molecule has 1 aliphatic rings.